The molecule has 4 rings (SSSR count). The molecule has 6 nitrogen and oxygen atoms in total. The van der Waals surface area contributed by atoms with Crippen LogP contribution in [0, 0.1) is 0 Å². The number of fused-ring (bicyclic) bond motifs is 1. The van der Waals surface area contributed by atoms with Gasteiger partial charge in [0, 0.05) is 55.0 Å². The maximum atomic E-state index is 12.6. The Hall–Kier alpha value is -2.64. The minimum absolute atomic E-state index is 0.247. The lowest BCUT2D eigenvalue weighted by molar-refractivity contribution is 0.445. The number of para-hydroxylation sites is 1. The van der Waals surface area contributed by atoms with Gasteiger partial charge in [-0.05, 0) is 30.2 Å². The van der Waals surface area contributed by atoms with E-state index in [2.05, 4.69) is 45.3 Å². The molecule has 0 atom stereocenters. The number of nitrogens with one attached hydrogen (secondary N) is 1. The van der Waals surface area contributed by atoms with Gasteiger partial charge in [0.15, 0.2) is 0 Å². The zero-order chi connectivity index (χ0) is 20.4. The fourth-order valence-electron chi connectivity index (χ4n) is 3.88. The SMILES string of the molecule is CCN(CC)S(=O)(=O)c1ccc(N2CC=C(c3c[nH]c4ccccc34)CC2)nc1. The van der Waals surface area contributed by atoms with Crippen molar-refractivity contribution < 1.29 is 8.42 Å². The lowest BCUT2D eigenvalue weighted by atomic mass is 9.99. The van der Waals surface area contributed by atoms with Crippen molar-refractivity contribution in [3.05, 3.63) is 60.4 Å². The number of aromatic nitrogens is 2. The number of aromatic amines is 1. The molecule has 3 aromatic rings. The Morgan fingerprint density at radius 3 is 2.59 bits per heavy atom. The molecular weight excluding hydrogens is 384 g/mol. The van der Waals surface area contributed by atoms with Gasteiger partial charge in [-0.1, -0.05) is 38.1 Å². The Bertz CT molecular complexity index is 1130. The molecule has 152 valence electrons. The second kappa shape index (κ2) is 8.00. The van der Waals surface area contributed by atoms with Crippen molar-refractivity contribution in [2.24, 2.45) is 0 Å². The van der Waals surface area contributed by atoms with Crippen LogP contribution >= 0.6 is 0 Å². The number of H-pyrrole nitrogens is 1. The molecule has 0 radical (unpaired) electrons. The molecule has 0 saturated heterocycles. The monoisotopic (exact) mass is 410 g/mol. The summed E-state index contributed by atoms with van der Waals surface area (Å²) in [5.41, 5.74) is 3.74. The van der Waals surface area contributed by atoms with Crippen LogP contribution in [0.2, 0.25) is 0 Å². The molecule has 0 saturated carbocycles. The molecule has 0 unspecified atom stereocenters. The predicted molar refractivity (Wildman–Crippen MR) is 117 cm³/mol. The molecule has 1 aromatic carbocycles. The van der Waals surface area contributed by atoms with E-state index in [0.717, 1.165) is 30.8 Å². The predicted octanol–water partition coefficient (Wildman–Crippen LogP) is 3.89. The summed E-state index contributed by atoms with van der Waals surface area (Å²) in [6, 6.07) is 11.8. The lowest BCUT2D eigenvalue weighted by Gasteiger charge is -2.27. The fourth-order valence-corrected chi connectivity index (χ4v) is 5.29. The van der Waals surface area contributed by atoms with Gasteiger partial charge in [0.1, 0.15) is 10.7 Å². The van der Waals surface area contributed by atoms with Crippen LogP contribution in [-0.2, 0) is 10.0 Å². The Labute approximate surface area is 171 Å². The van der Waals surface area contributed by atoms with Crippen LogP contribution < -0.4 is 4.90 Å². The standard InChI is InChI=1S/C22H26N4O2S/c1-3-26(4-2)29(27,28)18-9-10-22(24-15-18)25-13-11-17(12-14-25)20-16-23-21-8-6-5-7-19(20)21/h5-11,15-16,23H,3-4,12-14H2,1-2H3. The van der Waals surface area contributed by atoms with E-state index in [0.29, 0.717) is 13.1 Å². The molecule has 0 amide bonds. The average Bonchev–Trinajstić information content (AvgIpc) is 3.19. The molecule has 0 bridgehead atoms. The number of pyridine rings is 1. The topological polar surface area (TPSA) is 69.3 Å². The summed E-state index contributed by atoms with van der Waals surface area (Å²) >= 11 is 0. The van der Waals surface area contributed by atoms with Crippen molar-refractivity contribution in [2.45, 2.75) is 25.2 Å². The van der Waals surface area contributed by atoms with Crippen LogP contribution in [0.25, 0.3) is 16.5 Å². The van der Waals surface area contributed by atoms with E-state index in [9.17, 15) is 8.42 Å². The van der Waals surface area contributed by atoms with E-state index in [1.165, 1.54) is 27.0 Å². The molecule has 1 aliphatic rings. The Morgan fingerprint density at radius 1 is 1.14 bits per heavy atom. The number of rotatable bonds is 6. The molecule has 0 aliphatic carbocycles. The van der Waals surface area contributed by atoms with Crippen LogP contribution in [-0.4, -0.2) is 48.9 Å². The molecule has 29 heavy (non-hydrogen) atoms. The minimum atomic E-state index is -3.47. The maximum absolute atomic E-state index is 12.6. The highest BCUT2D eigenvalue weighted by Crippen LogP contribution is 2.30. The van der Waals surface area contributed by atoms with Gasteiger partial charge < -0.3 is 9.88 Å². The molecule has 3 heterocycles. The normalized spacial score (nSPS) is 15.1. The molecule has 2 aromatic heterocycles. The summed E-state index contributed by atoms with van der Waals surface area (Å²) in [7, 11) is -3.47. The highest BCUT2D eigenvalue weighted by molar-refractivity contribution is 7.89. The summed E-state index contributed by atoms with van der Waals surface area (Å²) < 4.78 is 26.7. The maximum Gasteiger partial charge on any atom is 0.244 e. The van der Waals surface area contributed by atoms with Crippen LogP contribution in [0.1, 0.15) is 25.8 Å². The Balaban J connectivity index is 1.51. The largest absolute Gasteiger partial charge is 0.361 e. The second-order valence-corrected chi connectivity index (χ2v) is 9.05. The number of nitrogens with zero attached hydrogens (tertiary/aromatic N) is 3. The third-order valence-corrected chi connectivity index (χ3v) is 7.57. The molecule has 0 spiro atoms. The van der Waals surface area contributed by atoms with Gasteiger partial charge in [-0.3, -0.25) is 0 Å². The van der Waals surface area contributed by atoms with E-state index in [4.69, 9.17) is 0 Å². The number of hydrogen-bond acceptors (Lipinski definition) is 4. The average molecular weight is 411 g/mol. The Kier molecular flexibility index (Phi) is 5.43. The highest BCUT2D eigenvalue weighted by Gasteiger charge is 2.23. The van der Waals surface area contributed by atoms with Crippen LogP contribution in [0.4, 0.5) is 5.82 Å². The van der Waals surface area contributed by atoms with E-state index < -0.39 is 10.0 Å². The van der Waals surface area contributed by atoms with Crippen molar-refractivity contribution >= 4 is 32.3 Å². The quantitative estimate of drug-likeness (QED) is 0.669. The van der Waals surface area contributed by atoms with Crippen molar-refractivity contribution in [3.8, 4) is 0 Å². The van der Waals surface area contributed by atoms with Crippen molar-refractivity contribution in [3.63, 3.8) is 0 Å². The van der Waals surface area contributed by atoms with Crippen LogP contribution in [0.15, 0.2) is 59.8 Å². The first kappa shape index (κ1) is 19.7. The third-order valence-electron chi connectivity index (χ3n) is 5.53. The van der Waals surface area contributed by atoms with Gasteiger partial charge in [0.05, 0.1) is 0 Å². The summed E-state index contributed by atoms with van der Waals surface area (Å²) in [5, 5.41) is 1.25. The number of hydrogen-bond donors (Lipinski definition) is 1. The molecule has 7 heteroatoms. The number of anilines is 1. The summed E-state index contributed by atoms with van der Waals surface area (Å²) in [6.07, 6.45) is 6.71. The van der Waals surface area contributed by atoms with Gasteiger partial charge in [-0.2, -0.15) is 4.31 Å². The zero-order valence-electron chi connectivity index (χ0n) is 16.8. The summed E-state index contributed by atoms with van der Waals surface area (Å²) in [5.74, 6) is 0.803. The first-order chi connectivity index (χ1) is 14.0. The van der Waals surface area contributed by atoms with Gasteiger partial charge in [-0.25, -0.2) is 13.4 Å². The molecule has 1 N–H and O–H groups in total. The van der Waals surface area contributed by atoms with Crippen LogP contribution in [0.3, 0.4) is 0 Å². The van der Waals surface area contributed by atoms with Gasteiger partial charge in [0.25, 0.3) is 0 Å². The molecule has 0 fully saturated rings. The van der Waals surface area contributed by atoms with Crippen molar-refractivity contribution in [2.75, 3.05) is 31.1 Å². The second-order valence-electron chi connectivity index (χ2n) is 7.11. The first-order valence-corrected chi connectivity index (χ1v) is 11.4. The van der Waals surface area contributed by atoms with Crippen molar-refractivity contribution in [1.29, 1.82) is 0 Å². The molecular formula is C22H26N4O2S. The lowest BCUT2D eigenvalue weighted by Crippen LogP contribution is -2.31. The highest BCUT2D eigenvalue weighted by atomic mass is 32.2. The Morgan fingerprint density at radius 2 is 1.93 bits per heavy atom. The van der Waals surface area contributed by atoms with E-state index in [-0.39, 0.29) is 4.90 Å². The van der Waals surface area contributed by atoms with Gasteiger partial charge in [0.2, 0.25) is 10.0 Å². The number of benzene rings is 1. The molecule has 1 aliphatic heterocycles. The summed E-state index contributed by atoms with van der Waals surface area (Å²) in [4.78, 5) is 10.2. The number of sulfonamides is 1. The van der Waals surface area contributed by atoms with E-state index >= 15 is 0 Å². The summed E-state index contributed by atoms with van der Waals surface area (Å²) in [6.45, 7) is 6.19. The van der Waals surface area contributed by atoms with Gasteiger partial charge in [-0.15, -0.1) is 0 Å². The fraction of sp³-hybridized carbons (Fsp3) is 0.318. The smallest absolute Gasteiger partial charge is 0.244 e. The third kappa shape index (κ3) is 3.68. The van der Waals surface area contributed by atoms with E-state index in [1.54, 1.807) is 12.1 Å². The first-order valence-electron chi connectivity index (χ1n) is 10.0. The van der Waals surface area contributed by atoms with Crippen molar-refractivity contribution in [1.82, 2.24) is 14.3 Å². The van der Waals surface area contributed by atoms with Crippen LogP contribution in [0.5, 0.6) is 0 Å². The minimum Gasteiger partial charge on any atom is -0.361 e. The zero-order valence-corrected chi connectivity index (χ0v) is 17.6. The van der Waals surface area contributed by atoms with E-state index in [1.807, 2.05) is 19.9 Å². The van der Waals surface area contributed by atoms with Gasteiger partial charge >= 0.3 is 0 Å².